The SMILES string of the molecule is CCOc1ncc(B2OC(C)(C)C(C)(C)O2)cc1C. The second-order valence-electron chi connectivity index (χ2n) is 5.91. The van der Waals surface area contributed by atoms with Crippen LogP contribution in [0.3, 0.4) is 0 Å². The number of aromatic nitrogens is 1. The maximum absolute atomic E-state index is 6.00. The Morgan fingerprint density at radius 2 is 1.79 bits per heavy atom. The molecule has 1 aliphatic rings. The molecule has 2 rings (SSSR count). The van der Waals surface area contributed by atoms with E-state index in [0.717, 1.165) is 11.0 Å². The average Bonchev–Trinajstić information content (AvgIpc) is 2.51. The highest BCUT2D eigenvalue weighted by molar-refractivity contribution is 6.62. The van der Waals surface area contributed by atoms with Crippen LogP contribution in [0.2, 0.25) is 0 Å². The molecule has 0 bridgehead atoms. The molecule has 0 N–H and O–H groups in total. The molecule has 5 heteroatoms. The third-order valence-electron chi connectivity index (χ3n) is 3.86. The third kappa shape index (κ3) is 2.62. The molecular weight excluding hydrogens is 241 g/mol. The molecule has 1 aromatic rings. The highest BCUT2D eigenvalue weighted by Gasteiger charge is 2.51. The lowest BCUT2D eigenvalue weighted by Gasteiger charge is -2.32. The molecular formula is C14H22BNO3. The molecule has 0 spiro atoms. The number of rotatable bonds is 3. The normalized spacial score (nSPS) is 20.6. The average molecular weight is 263 g/mol. The van der Waals surface area contributed by atoms with Gasteiger partial charge in [0.2, 0.25) is 5.88 Å². The van der Waals surface area contributed by atoms with Gasteiger partial charge in [-0.15, -0.1) is 0 Å². The fourth-order valence-electron chi connectivity index (χ4n) is 1.98. The molecule has 2 heterocycles. The molecule has 4 nitrogen and oxygen atoms in total. The second kappa shape index (κ2) is 4.80. The van der Waals surface area contributed by atoms with E-state index in [9.17, 15) is 0 Å². The molecule has 104 valence electrons. The van der Waals surface area contributed by atoms with E-state index in [4.69, 9.17) is 14.0 Å². The quantitative estimate of drug-likeness (QED) is 0.783. The van der Waals surface area contributed by atoms with Crippen LogP contribution in [0.15, 0.2) is 12.3 Å². The maximum Gasteiger partial charge on any atom is 0.496 e. The minimum atomic E-state index is -0.369. The largest absolute Gasteiger partial charge is 0.496 e. The van der Waals surface area contributed by atoms with Crippen molar-refractivity contribution in [2.24, 2.45) is 0 Å². The number of aryl methyl sites for hydroxylation is 1. The van der Waals surface area contributed by atoms with Gasteiger partial charge in [-0.2, -0.15) is 0 Å². The third-order valence-corrected chi connectivity index (χ3v) is 3.86. The van der Waals surface area contributed by atoms with Crippen LogP contribution in [-0.4, -0.2) is 29.9 Å². The van der Waals surface area contributed by atoms with Gasteiger partial charge >= 0.3 is 7.12 Å². The summed E-state index contributed by atoms with van der Waals surface area (Å²) in [6, 6.07) is 2.01. The summed E-state index contributed by atoms with van der Waals surface area (Å²) < 4.78 is 17.4. The minimum absolute atomic E-state index is 0.329. The number of pyridine rings is 1. The van der Waals surface area contributed by atoms with Crippen molar-refractivity contribution in [3.05, 3.63) is 17.8 Å². The van der Waals surface area contributed by atoms with E-state index in [-0.39, 0.29) is 18.3 Å². The van der Waals surface area contributed by atoms with Crippen LogP contribution in [0.25, 0.3) is 0 Å². The lowest BCUT2D eigenvalue weighted by atomic mass is 9.80. The molecule has 0 unspecified atom stereocenters. The van der Waals surface area contributed by atoms with Gasteiger partial charge in [0, 0.05) is 17.2 Å². The molecule has 0 saturated carbocycles. The molecule has 19 heavy (non-hydrogen) atoms. The summed E-state index contributed by atoms with van der Waals surface area (Å²) >= 11 is 0. The van der Waals surface area contributed by atoms with Crippen LogP contribution >= 0.6 is 0 Å². The molecule has 1 fully saturated rings. The van der Waals surface area contributed by atoms with Gasteiger partial charge in [-0.1, -0.05) is 6.07 Å². The van der Waals surface area contributed by atoms with Crippen molar-refractivity contribution in [1.29, 1.82) is 0 Å². The predicted molar refractivity (Wildman–Crippen MR) is 75.9 cm³/mol. The zero-order valence-corrected chi connectivity index (χ0v) is 12.6. The van der Waals surface area contributed by atoms with Gasteiger partial charge in [0.1, 0.15) is 0 Å². The van der Waals surface area contributed by atoms with Crippen molar-refractivity contribution in [2.75, 3.05) is 6.61 Å². The summed E-state index contributed by atoms with van der Waals surface area (Å²) in [6.45, 7) is 12.7. The van der Waals surface area contributed by atoms with Crippen molar-refractivity contribution >= 4 is 12.6 Å². The van der Waals surface area contributed by atoms with Gasteiger partial charge in [-0.05, 0) is 41.5 Å². The van der Waals surface area contributed by atoms with E-state index in [0.29, 0.717) is 12.5 Å². The number of hydrogen-bond donors (Lipinski definition) is 0. The molecule has 0 radical (unpaired) electrons. The van der Waals surface area contributed by atoms with Crippen LogP contribution in [0, 0.1) is 6.92 Å². The topological polar surface area (TPSA) is 40.6 Å². The lowest BCUT2D eigenvalue weighted by molar-refractivity contribution is 0.00578. The summed E-state index contributed by atoms with van der Waals surface area (Å²) in [5.41, 5.74) is 1.27. The predicted octanol–water partition coefficient (Wildman–Crippen LogP) is 2.09. The Morgan fingerprint density at radius 3 is 2.26 bits per heavy atom. The van der Waals surface area contributed by atoms with Gasteiger partial charge in [0.25, 0.3) is 0 Å². The van der Waals surface area contributed by atoms with Gasteiger partial charge in [-0.25, -0.2) is 4.98 Å². The molecule has 1 saturated heterocycles. The van der Waals surface area contributed by atoms with Crippen LogP contribution in [0.1, 0.15) is 40.2 Å². The Balaban J connectivity index is 2.23. The van der Waals surface area contributed by atoms with Crippen LogP contribution in [-0.2, 0) is 9.31 Å². The van der Waals surface area contributed by atoms with E-state index < -0.39 is 0 Å². The first kappa shape index (κ1) is 14.3. The van der Waals surface area contributed by atoms with E-state index >= 15 is 0 Å². The van der Waals surface area contributed by atoms with Crippen LogP contribution in [0.4, 0.5) is 0 Å². The monoisotopic (exact) mass is 263 g/mol. The molecule has 0 aromatic carbocycles. The van der Waals surface area contributed by atoms with Crippen molar-refractivity contribution in [3.63, 3.8) is 0 Å². The van der Waals surface area contributed by atoms with Crippen molar-refractivity contribution in [1.82, 2.24) is 4.98 Å². The van der Waals surface area contributed by atoms with E-state index in [1.807, 2.05) is 47.6 Å². The summed E-state index contributed by atoms with van der Waals surface area (Å²) in [6.07, 6.45) is 1.76. The Labute approximate surface area is 115 Å². The van der Waals surface area contributed by atoms with E-state index in [2.05, 4.69) is 4.98 Å². The zero-order valence-electron chi connectivity index (χ0n) is 12.6. The number of ether oxygens (including phenoxy) is 1. The summed E-state index contributed by atoms with van der Waals surface area (Å²) in [7, 11) is -0.369. The Morgan fingerprint density at radius 1 is 1.21 bits per heavy atom. The highest BCUT2D eigenvalue weighted by Crippen LogP contribution is 2.36. The van der Waals surface area contributed by atoms with Crippen LogP contribution in [0.5, 0.6) is 5.88 Å². The van der Waals surface area contributed by atoms with Gasteiger partial charge in [-0.3, -0.25) is 0 Å². The summed E-state index contributed by atoms with van der Waals surface area (Å²) in [5.74, 6) is 0.669. The van der Waals surface area contributed by atoms with Gasteiger partial charge in [0.05, 0.1) is 17.8 Å². The zero-order chi connectivity index (χ0) is 14.3. The van der Waals surface area contributed by atoms with Crippen molar-refractivity contribution < 1.29 is 14.0 Å². The van der Waals surface area contributed by atoms with Crippen molar-refractivity contribution in [3.8, 4) is 5.88 Å². The molecule has 1 aliphatic heterocycles. The fraction of sp³-hybridized carbons (Fsp3) is 0.643. The first-order valence-corrected chi connectivity index (χ1v) is 6.72. The standard InChI is InChI=1S/C14H22BNO3/c1-7-17-12-10(2)8-11(9-16-12)15-18-13(3,4)14(5,6)19-15/h8-9H,7H2,1-6H3. The molecule has 1 aromatic heterocycles. The fourth-order valence-corrected chi connectivity index (χ4v) is 1.98. The van der Waals surface area contributed by atoms with E-state index in [1.165, 1.54) is 0 Å². The second-order valence-corrected chi connectivity index (χ2v) is 5.91. The first-order valence-electron chi connectivity index (χ1n) is 6.72. The van der Waals surface area contributed by atoms with E-state index in [1.54, 1.807) is 6.20 Å². The summed E-state index contributed by atoms with van der Waals surface area (Å²) in [4.78, 5) is 4.33. The van der Waals surface area contributed by atoms with Gasteiger partial charge < -0.3 is 14.0 Å². The van der Waals surface area contributed by atoms with Crippen molar-refractivity contribution in [2.45, 2.75) is 52.7 Å². The first-order chi connectivity index (χ1) is 8.77. The Kier molecular flexibility index (Phi) is 3.62. The lowest BCUT2D eigenvalue weighted by Crippen LogP contribution is -2.41. The maximum atomic E-state index is 6.00. The highest BCUT2D eigenvalue weighted by atomic mass is 16.7. The Hall–Kier alpha value is -1.07. The Bertz CT molecular complexity index is 458. The molecule has 0 atom stereocenters. The smallest absolute Gasteiger partial charge is 0.478 e. The number of hydrogen-bond acceptors (Lipinski definition) is 4. The molecule has 0 amide bonds. The summed E-state index contributed by atoms with van der Waals surface area (Å²) in [5, 5.41) is 0. The van der Waals surface area contributed by atoms with Gasteiger partial charge in [0.15, 0.2) is 0 Å². The van der Waals surface area contributed by atoms with Crippen LogP contribution < -0.4 is 10.2 Å². The minimum Gasteiger partial charge on any atom is -0.478 e. The number of nitrogens with zero attached hydrogens (tertiary/aromatic N) is 1. The molecule has 0 aliphatic carbocycles.